The van der Waals surface area contributed by atoms with Crippen molar-refractivity contribution in [2.75, 3.05) is 13.1 Å². The number of nitrogens with zero attached hydrogens (tertiary/aromatic N) is 2. The lowest BCUT2D eigenvalue weighted by atomic mass is 9.93. The van der Waals surface area contributed by atoms with Gasteiger partial charge < -0.3 is 10.6 Å². The normalized spacial score (nSPS) is 17.0. The van der Waals surface area contributed by atoms with Gasteiger partial charge in [-0.05, 0) is 18.9 Å². The van der Waals surface area contributed by atoms with Gasteiger partial charge in [0.2, 0.25) is 5.91 Å². The maximum Gasteiger partial charge on any atom is 0.397 e. The van der Waals surface area contributed by atoms with Gasteiger partial charge in [0.25, 0.3) is 5.91 Å². The monoisotopic (exact) mass is 304 g/mol. The first kappa shape index (κ1) is 15.3. The van der Waals surface area contributed by atoms with E-state index in [2.05, 4.69) is 10.2 Å². The van der Waals surface area contributed by atoms with Crippen LogP contribution in [0.25, 0.3) is 0 Å². The lowest BCUT2D eigenvalue weighted by Gasteiger charge is -2.31. The van der Waals surface area contributed by atoms with Crippen LogP contribution in [0.5, 0.6) is 0 Å². The van der Waals surface area contributed by atoms with E-state index in [0.717, 1.165) is 0 Å². The van der Waals surface area contributed by atoms with Crippen LogP contribution in [0.2, 0.25) is 0 Å². The standard InChI is InChI=1S/C12H15F3N4O2/c13-12(14,15)6-10(20)19-3-1-7(2-4-19)8-5-9(11(16)21)18-17-8/h5,7H,1-4,6H2,(H2,16,21)(H,17,18). The second kappa shape index (κ2) is 5.74. The number of carbonyl (C=O) groups is 2. The molecule has 0 unspecified atom stereocenters. The molecule has 3 N–H and O–H groups in total. The Balaban J connectivity index is 1.90. The van der Waals surface area contributed by atoms with Crippen LogP contribution in [0.4, 0.5) is 13.2 Å². The second-order valence-corrected chi connectivity index (χ2v) is 5.02. The fourth-order valence-electron chi connectivity index (χ4n) is 2.40. The molecule has 6 nitrogen and oxygen atoms in total. The molecule has 0 bridgehead atoms. The van der Waals surface area contributed by atoms with E-state index in [9.17, 15) is 22.8 Å². The number of piperidine rings is 1. The number of likely N-dealkylation sites (tertiary alicyclic amines) is 1. The zero-order chi connectivity index (χ0) is 15.6. The van der Waals surface area contributed by atoms with Gasteiger partial charge in [0, 0.05) is 24.7 Å². The number of alkyl halides is 3. The fraction of sp³-hybridized carbons (Fsp3) is 0.583. The van der Waals surface area contributed by atoms with E-state index in [1.807, 2.05) is 0 Å². The predicted octanol–water partition coefficient (Wildman–Crippen LogP) is 1.17. The molecule has 1 fully saturated rings. The second-order valence-electron chi connectivity index (χ2n) is 5.02. The first-order valence-electron chi connectivity index (χ1n) is 6.46. The molecule has 9 heteroatoms. The molecular formula is C12H15F3N4O2. The minimum atomic E-state index is -4.48. The molecule has 116 valence electrons. The average molecular weight is 304 g/mol. The number of amides is 2. The van der Waals surface area contributed by atoms with Crippen molar-refractivity contribution in [1.29, 1.82) is 0 Å². The highest BCUT2D eigenvalue weighted by Crippen LogP contribution is 2.28. The van der Waals surface area contributed by atoms with Gasteiger partial charge in [-0.1, -0.05) is 0 Å². The lowest BCUT2D eigenvalue weighted by molar-refractivity contribution is -0.162. The van der Waals surface area contributed by atoms with E-state index in [4.69, 9.17) is 5.73 Å². The molecule has 0 atom stereocenters. The van der Waals surface area contributed by atoms with Crippen molar-refractivity contribution in [3.63, 3.8) is 0 Å². The third-order valence-electron chi connectivity index (χ3n) is 3.49. The Morgan fingerprint density at radius 2 is 2.00 bits per heavy atom. The molecule has 1 aliphatic rings. The fourth-order valence-corrected chi connectivity index (χ4v) is 2.40. The topological polar surface area (TPSA) is 92.1 Å². The molecule has 21 heavy (non-hydrogen) atoms. The minimum Gasteiger partial charge on any atom is -0.364 e. The number of aromatic amines is 1. The Hall–Kier alpha value is -2.06. The van der Waals surface area contributed by atoms with Crippen molar-refractivity contribution in [2.45, 2.75) is 31.4 Å². The van der Waals surface area contributed by atoms with Gasteiger partial charge in [0.15, 0.2) is 0 Å². The van der Waals surface area contributed by atoms with Crippen LogP contribution in [0.1, 0.15) is 41.4 Å². The molecule has 0 saturated carbocycles. The highest BCUT2D eigenvalue weighted by atomic mass is 19.4. The molecule has 1 saturated heterocycles. The van der Waals surface area contributed by atoms with Crippen LogP contribution in [-0.4, -0.2) is 46.2 Å². The number of aromatic nitrogens is 2. The third-order valence-corrected chi connectivity index (χ3v) is 3.49. The summed E-state index contributed by atoms with van der Waals surface area (Å²) in [5.74, 6) is -1.51. The zero-order valence-electron chi connectivity index (χ0n) is 11.1. The lowest BCUT2D eigenvalue weighted by Crippen LogP contribution is -2.39. The molecule has 2 heterocycles. The van der Waals surface area contributed by atoms with Gasteiger partial charge in [-0.25, -0.2) is 0 Å². The molecule has 2 rings (SSSR count). The summed E-state index contributed by atoms with van der Waals surface area (Å²) in [5.41, 5.74) is 5.94. The van der Waals surface area contributed by atoms with Crippen molar-refractivity contribution < 1.29 is 22.8 Å². The van der Waals surface area contributed by atoms with Crippen LogP contribution in [0, 0.1) is 0 Å². The van der Waals surface area contributed by atoms with E-state index in [0.29, 0.717) is 18.5 Å². The van der Waals surface area contributed by atoms with Crippen molar-refractivity contribution in [3.8, 4) is 0 Å². The molecule has 0 aromatic carbocycles. The van der Waals surface area contributed by atoms with Gasteiger partial charge in [-0.2, -0.15) is 18.3 Å². The number of hydrogen-bond donors (Lipinski definition) is 2. The van der Waals surface area contributed by atoms with Crippen molar-refractivity contribution in [2.24, 2.45) is 5.73 Å². The van der Waals surface area contributed by atoms with Gasteiger partial charge in [-0.15, -0.1) is 0 Å². The maximum absolute atomic E-state index is 12.2. The molecule has 2 amide bonds. The Morgan fingerprint density at radius 1 is 1.38 bits per heavy atom. The number of primary amides is 1. The van der Waals surface area contributed by atoms with Crippen LogP contribution in [0.15, 0.2) is 6.07 Å². The Labute approximate surface area is 118 Å². The van der Waals surface area contributed by atoms with Crippen molar-refractivity contribution in [3.05, 3.63) is 17.5 Å². The molecule has 0 radical (unpaired) electrons. The van der Waals surface area contributed by atoms with Crippen LogP contribution < -0.4 is 5.73 Å². The predicted molar refractivity (Wildman–Crippen MR) is 66.3 cm³/mol. The van der Waals surface area contributed by atoms with E-state index in [1.165, 1.54) is 4.90 Å². The average Bonchev–Trinajstić information content (AvgIpc) is 2.86. The number of H-pyrrole nitrogens is 1. The molecule has 0 aliphatic carbocycles. The highest BCUT2D eigenvalue weighted by molar-refractivity contribution is 5.90. The largest absolute Gasteiger partial charge is 0.397 e. The summed E-state index contributed by atoms with van der Waals surface area (Å²) in [5, 5.41) is 6.47. The Kier molecular flexibility index (Phi) is 4.19. The maximum atomic E-state index is 12.2. The number of halogens is 3. The van der Waals surface area contributed by atoms with Crippen LogP contribution >= 0.6 is 0 Å². The summed E-state index contributed by atoms with van der Waals surface area (Å²) in [4.78, 5) is 23.6. The first-order chi connectivity index (χ1) is 9.76. The molecule has 1 aromatic heterocycles. The van der Waals surface area contributed by atoms with E-state index >= 15 is 0 Å². The van der Waals surface area contributed by atoms with E-state index in [-0.39, 0.29) is 24.7 Å². The number of carbonyl (C=O) groups excluding carboxylic acids is 2. The van der Waals surface area contributed by atoms with Crippen LogP contribution in [-0.2, 0) is 4.79 Å². The van der Waals surface area contributed by atoms with Gasteiger partial charge in [-0.3, -0.25) is 14.7 Å². The summed E-state index contributed by atoms with van der Waals surface area (Å²) in [7, 11) is 0. The van der Waals surface area contributed by atoms with E-state index in [1.54, 1.807) is 6.07 Å². The Morgan fingerprint density at radius 3 is 2.48 bits per heavy atom. The number of nitrogens with two attached hydrogens (primary N) is 1. The number of nitrogens with one attached hydrogen (secondary N) is 1. The van der Waals surface area contributed by atoms with Gasteiger partial charge >= 0.3 is 6.18 Å². The van der Waals surface area contributed by atoms with Crippen LogP contribution in [0.3, 0.4) is 0 Å². The van der Waals surface area contributed by atoms with Crippen molar-refractivity contribution >= 4 is 11.8 Å². The molecule has 1 aliphatic heterocycles. The summed E-state index contributed by atoms with van der Waals surface area (Å²) in [6.45, 7) is 0.509. The number of rotatable bonds is 3. The smallest absolute Gasteiger partial charge is 0.364 e. The van der Waals surface area contributed by atoms with Crippen molar-refractivity contribution in [1.82, 2.24) is 15.1 Å². The quantitative estimate of drug-likeness (QED) is 0.878. The highest BCUT2D eigenvalue weighted by Gasteiger charge is 2.35. The molecule has 0 spiro atoms. The zero-order valence-corrected chi connectivity index (χ0v) is 11.1. The summed E-state index contributed by atoms with van der Waals surface area (Å²) < 4.78 is 36.5. The third kappa shape index (κ3) is 3.96. The minimum absolute atomic E-state index is 0.0283. The molecular weight excluding hydrogens is 289 g/mol. The van der Waals surface area contributed by atoms with Gasteiger partial charge in [0.1, 0.15) is 12.1 Å². The summed E-state index contributed by atoms with van der Waals surface area (Å²) in [6, 6.07) is 1.54. The molecule has 1 aromatic rings. The van der Waals surface area contributed by atoms with Gasteiger partial charge in [0.05, 0.1) is 0 Å². The number of hydrogen-bond acceptors (Lipinski definition) is 3. The SMILES string of the molecule is NC(=O)c1cc(C2CCN(C(=O)CC(F)(F)F)CC2)[nH]n1. The summed E-state index contributed by atoms with van der Waals surface area (Å²) in [6.07, 6.45) is -4.87. The summed E-state index contributed by atoms with van der Waals surface area (Å²) >= 11 is 0. The van der Waals surface area contributed by atoms with E-state index < -0.39 is 24.4 Å². The Bertz CT molecular complexity index is 533. The first-order valence-corrected chi connectivity index (χ1v) is 6.46.